The Bertz CT molecular complexity index is 1410. The number of hydrogen-bond acceptors (Lipinski definition) is 9. The zero-order chi connectivity index (χ0) is 30.8. The molecule has 0 radical (unpaired) electrons. The molecule has 2 aromatic rings. The molecule has 4 unspecified atom stereocenters. The summed E-state index contributed by atoms with van der Waals surface area (Å²) < 4.78 is 22.5. The SMILES string of the molecule is C=CC1CC1(NC(=O)C1CC(Oc2cc(C(=O)CBr)nc3cc(OC)ccc23)CN1C(=O)OC(C)(C)C)C(=O)OCC. The Morgan fingerprint density at radius 3 is 2.57 bits per heavy atom. The van der Waals surface area contributed by atoms with Gasteiger partial charge in [-0.05, 0) is 46.2 Å². The maximum absolute atomic E-state index is 13.7. The second kappa shape index (κ2) is 12.3. The van der Waals surface area contributed by atoms with Crippen LogP contribution in [-0.2, 0) is 19.1 Å². The minimum absolute atomic E-state index is 0.0337. The predicted molar refractivity (Wildman–Crippen MR) is 158 cm³/mol. The van der Waals surface area contributed by atoms with Gasteiger partial charge < -0.3 is 24.3 Å². The first-order valence-electron chi connectivity index (χ1n) is 13.7. The molecule has 11 nitrogen and oxygen atoms in total. The van der Waals surface area contributed by atoms with Crippen LogP contribution in [0.5, 0.6) is 11.5 Å². The van der Waals surface area contributed by atoms with E-state index in [9.17, 15) is 19.2 Å². The molecule has 226 valence electrons. The van der Waals surface area contributed by atoms with Gasteiger partial charge in [0.05, 0.1) is 31.1 Å². The number of benzene rings is 1. The Morgan fingerprint density at radius 1 is 1.24 bits per heavy atom. The van der Waals surface area contributed by atoms with Crippen LogP contribution >= 0.6 is 15.9 Å². The van der Waals surface area contributed by atoms with Crippen molar-refractivity contribution in [3.63, 3.8) is 0 Å². The van der Waals surface area contributed by atoms with Gasteiger partial charge in [0.2, 0.25) is 5.91 Å². The van der Waals surface area contributed by atoms with Crippen molar-refractivity contribution in [2.24, 2.45) is 5.92 Å². The number of nitrogens with one attached hydrogen (secondary N) is 1. The monoisotopic (exact) mass is 645 g/mol. The lowest BCUT2D eigenvalue weighted by molar-refractivity contribution is -0.149. The van der Waals surface area contributed by atoms with Crippen molar-refractivity contribution in [2.45, 2.75) is 63.8 Å². The van der Waals surface area contributed by atoms with Gasteiger partial charge in [0.15, 0.2) is 5.78 Å². The lowest BCUT2D eigenvalue weighted by Crippen LogP contribution is -2.53. The number of carbonyl (C=O) groups is 4. The van der Waals surface area contributed by atoms with Crippen molar-refractivity contribution >= 4 is 50.6 Å². The normalized spacial score (nSPS) is 23.2. The summed E-state index contributed by atoms with van der Waals surface area (Å²) >= 11 is 3.19. The number of aromatic nitrogens is 1. The van der Waals surface area contributed by atoms with Gasteiger partial charge in [0.25, 0.3) is 0 Å². The number of amides is 2. The molecule has 1 aromatic carbocycles. The van der Waals surface area contributed by atoms with Gasteiger partial charge in [-0.25, -0.2) is 14.6 Å². The van der Waals surface area contributed by atoms with E-state index in [4.69, 9.17) is 18.9 Å². The molecule has 42 heavy (non-hydrogen) atoms. The lowest BCUT2D eigenvalue weighted by atomic mass is 10.1. The Kier molecular flexibility index (Phi) is 9.15. The molecule has 1 aliphatic heterocycles. The summed E-state index contributed by atoms with van der Waals surface area (Å²) in [5, 5.41) is 3.54. The molecule has 12 heteroatoms. The highest BCUT2D eigenvalue weighted by molar-refractivity contribution is 9.09. The van der Waals surface area contributed by atoms with E-state index in [0.29, 0.717) is 28.8 Å². The van der Waals surface area contributed by atoms with Gasteiger partial charge in [-0.3, -0.25) is 14.5 Å². The number of fused-ring (bicyclic) bond motifs is 1. The summed E-state index contributed by atoms with van der Waals surface area (Å²) in [5.74, 6) is -0.654. The smallest absolute Gasteiger partial charge is 0.411 e. The third kappa shape index (κ3) is 6.53. The maximum atomic E-state index is 13.7. The number of methoxy groups -OCH3 is 1. The number of likely N-dealkylation sites (tertiary alicyclic amines) is 1. The molecule has 0 bridgehead atoms. The number of rotatable bonds is 10. The molecule has 1 saturated heterocycles. The number of alkyl halides is 1. The highest BCUT2D eigenvalue weighted by atomic mass is 79.9. The highest BCUT2D eigenvalue weighted by Crippen LogP contribution is 2.46. The number of carbonyl (C=O) groups excluding carboxylic acids is 4. The van der Waals surface area contributed by atoms with Crippen LogP contribution < -0.4 is 14.8 Å². The first-order chi connectivity index (χ1) is 19.8. The average Bonchev–Trinajstić information content (AvgIpc) is 3.50. The van der Waals surface area contributed by atoms with E-state index in [2.05, 4.69) is 32.8 Å². The molecule has 2 heterocycles. The van der Waals surface area contributed by atoms with Crippen LogP contribution in [0.3, 0.4) is 0 Å². The van der Waals surface area contributed by atoms with Gasteiger partial charge in [0, 0.05) is 29.9 Å². The number of nitrogens with zero attached hydrogens (tertiary/aromatic N) is 2. The quantitative estimate of drug-likeness (QED) is 0.175. The van der Waals surface area contributed by atoms with Crippen LogP contribution in [0.2, 0.25) is 0 Å². The van der Waals surface area contributed by atoms with Gasteiger partial charge >= 0.3 is 12.1 Å². The summed E-state index contributed by atoms with van der Waals surface area (Å²) in [6.45, 7) is 10.9. The summed E-state index contributed by atoms with van der Waals surface area (Å²) in [5.41, 5.74) is -1.34. The van der Waals surface area contributed by atoms with E-state index in [-0.39, 0.29) is 42.3 Å². The fraction of sp³-hybridized carbons (Fsp3) is 0.500. The van der Waals surface area contributed by atoms with E-state index >= 15 is 0 Å². The van der Waals surface area contributed by atoms with E-state index in [1.807, 2.05) is 0 Å². The van der Waals surface area contributed by atoms with Crippen molar-refractivity contribution in [1.29, 1.82) is 0 Å². The maximum Gasteiger partial charge on any atom is 0.411 e. The number of pyridine rings is 1. The first kappa shape index (κ1) is 31.3. The second-order valence-corrected chi connectivity index (χ2v) is 11.9. The number of halogens is 1. The zero-order valence-corrected chi connectivity index (χ0v) is 26.0. The number of ether oxygens (including phenoxy) is 4. The second-order valence-electron chi connectivity index (χ2n) is 11.3. The predicted octanol–water partition coefficient (Wildman–Crippen LogP) is 4.20. The molecule has 4 rings (SSSR count). The first-order valence-corrected chi connectivity index (χ1v) is 14.8. The topological polar surface area (TPSA) is 133 Å². The van der Waals surface area contributed by atoms with Gasteiger partial charge in [-0.2, -0.15) is 0 Å². The van der Waals surface area contributed by atoms with Crippen LogP contribution in [0, 0.1) is 5.92 Å². The Hall–Kier alpha value is -3.67. The molecule has 2 aliphatic rings. The number of esters is 1. The molecule has 1 N–H and O–H groups in total. The van der Waals surface area contributed by atoms with Gasteiger partial charge in [0.1, 0.15) is 40.5 Å². The molecule has 2 fully saturated rings. The largest absolute Gasteiger partial charge is 0.497 e. The van der Waals surface area contributed by atoms with Crippen LogP contribution in [0.15, 0.2) is 36.9 Å². The van der Waals surface area contributed by atoms with E-state index in [1.54, 1.807) is 58.0 Å². The fourth-order valence-electron chi connectivity index (χ4n) is 5.01. The third-order valence-corrected chi connectivity index (χ3v) is 7.67. The van der Waals surface area contributed by atoms with Crippen molar-refractivity contribution in [3.8, 4) is 11.5 Å². The van der Waals surface area contributed by atoms with Crippen LogP contribution in [-0.4, -0.2) is 82.5 Å². The minimum atomic E-state index is -1.22. The Morgan fingerprint density at radius 2 is 1.98 bits per heavy atom. The van der Waals surface area contributed by atoms with E-state index in [0.717, 1.165) is 0 Å². The van der Waals surface area contributed by atoms with Crippen molar-refractivity contribution < 1.29 is 38.1 Å². The molecule has 1 saturated carbocycles. The average molecular weight is 647 g/mol. The summed E-state index contributed by atoms with van der Waals surface area (Å²) in [4.78, 5) is 58.1. The minimum Gasteiger partial charge on any atom is -0.497 e. The molecular weight excluding hydrogens is 610 g/mol. The highest BCUT2D eigenvalue weighted by Gasteiger charge is 2.62. The van der Waals surface area contributed by atoms with Crippen LogP contribution in [0.4, 0.5) is 4.79 Å². The molecule has 4 atom stereocenters. The molecule has 1 aliphatic carbocycles. The molecule has 2 amide bonds. The zero-order valence-electron chi connectivity index (χ0n) is 24.4. The van der Waals surface area contributed by atoms with Crippen LogP contribution in [0.25, 0.3) is 10.9 Å². The fourth-order valence-corrected chi connectivity index (χ4v) is 5.30. The molecular formula is C30H36BrN3O8. The van der Waals surface area contributed by atoms with Crippen molar-refractivity contribution in [3.05, 3.63) is 42.6 Å². The summed E-state index contributed by atoms with van der Waals surface area (Å²) in [7, 11) is 1.53. The summed E-state index contributed by atoms with van der Waals surface area (Å²) in [6.07, 6.45) is 0.760. The molecule has 1 aromatic heterocycles. The number of hydrogen-bond donors (Lipinski definition) is 1. The lowest BCUT2D eigenvalue weighted by Gasteiger charge is -2.28. The third-order valence-electron chi connectivity index (χ3n) is 7.16. The molecule has 0 spiro atoms. The number of ketones is 1. The van der Waals surface area contributed by atoms with E-state index < -0.39 is 41.3 Å². The number of Topliss-reactive ketones (excluding diaryl/α,β-unsaturated/α-hetero) is 1. The van der Waals surface area contributed by atoms with Crippen molar-refractivity contribution in [1.82, 2.24) is 15.2 Å². The van der Waals surface area contributed by atoms with Gasteiger partial charge in [-0.1, -0.05) is 22.0 Å². The van der Waals surface area contributed by atoms with E-state index in [1.165, 1.54) is 12.0 Å². The standard InChI is InChI=1S/C30H36BrN3O8/c1-7-17-14-30(17,27(37)40-8-2)33-26(36)23-12-19(16-34(23)28(38)42-29(3,4)5)41-25-13-22(24(35)15-31)32-21-11-18(39-6)9-10-20(21)25/h7,9-11,13,17,19,23H,1,8,12,14-16H2,2-6H3,(H,33,36). The summed E-state index contributed by atoms with van der Waals surface area (Å²) in [6, 6.07) is 5.79. The van der Waals surface area contributed by atoms with Crippen LogP contribution in [0.1, 0.15) is 51.0 Å². The van der Waals surface area contributed by atoms with Gasteiger partial charge in [-0.15, -0.1) is 6.58 Å². The Balaban J connectivity index is 1.65. The van der Waals surface area contributed by atoms with Crippen molar-refractivity contribution in [2.75, 3.05) is 25.6 Å². The Labute approximate surface area is 253 Å².